The van der Waals surface area contributed by atoms with Crippen LogP contribution in [0.15, 0.2) is 29.2 Å². The number of nitrogens with zero attached hydrogens (tertiary/aromatic N) is 1. The van der Waals surface area contributed by atoms with Gasteiger partial charge in [0.25, 0.3) is 0 Å². The average Bonchev–Trinajstić information content (AvgIpc) is 2.96. The van der Waals surface area contributed by atoms with E-state index < -0.39 is 0 Å². The van der Waals surface area contributed by atoms with E-state index >= 15 is 0 Å². The molecule has 4 rings (SSSR count). The van der Waals surface area contributed by atoms with Crippen LogP contribution in [0.1, 0.15) is 32.4 Å². The highest BCUT2D eigenvalue weighted by Gasteiger charge is 2.46. The Morgan fingerprint density at radius 1 is 1.40 bits per heavy atom. The van der Waals surface area contributed by atoms with Gasteiger partial charge in [-0.2, -0.15) is 0 Å². The van der Waals surface area contributed by atoms with Crippen molar-refractivity contribution in [2.45, 2.75) is 37.1 Å². The van der Waals surface area contributed by atoms with Gasteiger partial charge in [-0.3, -0.25) is 4.90 Å². The Kier molecular flexibility index (Phi) is 2.90. The molecule has 1 fully saturated rings. The largest absolute Gasteiger partial charge is 0.356 e. The van der Waals surface area contributed by atoms with Crippen LogP contribution in [0.2, 0.25) is 0 Å². The first-order valence-electron chi connectivity index (χ1n) is 7.71. The van der Waals surface area contributed by atoms with Gasteiger partial charge >= 0.3 is 0 Å². The standard InChI is InChI=1S/C17H22N2S/c1-3-12-10-17(2)16-15(20-9-8-19(17)11-12)13-6-4-5-7-14(13)18-16/h4-7,12,18H,3,8-11H2,1-2H3/t12-,17-/m1/s1. The summed E-state index contributed by atoms with van der Waals surface area (Å²) in [5.41, 5.74) is 2.98. The van der Waals surface area contributed by atoms with Crippen molar-refractivity contribution < 1.29 is 0 Å². The molecule has 1 aromatic carbocycles. The number of benzene rings is 1. The van der Waals surface area contributed by atoms with Crippen LogP contribution in [-0.2, 0) is 5.54 Å². The van der Waals surface area contributed by atoms with E-state index in [-0.39, 0.29) is 5.54 Å². The van der Waals surface area contributed by atoms with Gasteiger partial charge in [0, 0.05) is 34.6 Å². The van der Waals surface area contributed by atoms with E-state index in [1.165, 1.54) is 53.2 Å². The SMILES string of the molecule is CC[C@H]1CN2CCSc3c([nH]c4ccccc34)[C@@]2(C)C1. The van der Waals surface area contributed by atoms with E-state index in [9.17, 15) is 0 Å². The number of thioether (sulfide) groups is 1. The highest BCUT2D eigenvalue weighted by atomic mass is 32.2. The first-order valence-corrected chi connectivity index (χ1v) is 8.70. The fraction of sp³-hybridized carbons (Fsp3) is 0.529. The van der Waals surface area contributed by atoms with Crippen LogP contribution >= 0.6 is 11.8 Å². The number of nitrogens with one attached hydrogen (secondary N) is 1. The second kappa shape index (κ2) is 4.54. The van der Waals surface area contributed by atoms with Gasteiger partial charge in [0.15, 0.2) is 0 Å². The topological polar surface area (TPSA) is 19.0 Å². The van der Waals surface area contributed by atoms with Crippen molar-refractivity contribution >= 4 is 22.7 Å². The normalized spacial score (nSPS) is 30.2. The second-order valence-corrected chi connectivity index (χ2v) is 7.53. The number of fused-ring (bicyclic) bond motifs is 5. The van der Waals surface area contributed by atoms with Gasteiger partial charge in [-0.25, -0.2) is 0 Å². The van der Waals surface area contributed by atoms with Crippen molar-refractivity contribution in [3.63, 3.8) is 0 Å². The Morgan fingerprint density at radius 3 is 3.10 bits per heavy atom. The van der Waals surface area contributed by atoms with Gasteiger partial charge in [-0.05, 0) is 25.3 Å². The lowest BCUT2D eigenvalue weighted by Gasteiger charge is -2.33. The first-order chi connectivity index (χ1) is 9.72. The Morgan fingerprint density at radius 2 is 2.25 bits per heavy atom. The maximum atomic E-state index is 3.75. The highest BCUT2D eigenvalue weighted by Crippen LogP contribution is 2.49. The van der Waals surface area contributed by atoms with E-state index in [0.717, 1.165) is 5.92 Å². The molecule has 0 spiro atoms. The molecule has 0 saturated carbocycles. The van der Waals surface area contributed by atoms with Crippen molar-refractivity contribution in [3.8, 4) is 0 Å². The highest BCUT2D eigenvalue weighted by molar-refractivity contribution is 7.99. The van der Waals surface area contributed by atoms with E-state index in [1.807, 2.05) is 11.8 Å². The van der Waals surface area contributed by atoms with E-state index in [4.69, 9.17) is 0 Å². The maximum absolute atomic E-state index is 3.75. The van der Waals surface area contributed by atoms with Crippen molar-refractivity contribution in [2.24, 2.45) is 5.92 Å². The Hall–Kier alpha value is -0.930. The number of para-hydroxylation sites is 1. The molecule has 0 bridgehead atoms. The predicted octanol–water partition coefficient (Wildman–Crippen LogP) is 4.22. The van der Waals surface area contributed by atoms with Crippen molar-refractivity contribution in [1.82, 2.24) is 9.88 Å². The van der Waals surface area contributed by atoms with Gasteiger partial charge in [0.1, 0.15) is 0 Å². The summed E-state index contributed by atoms with van der Waals surface area (Å²) in [5.74, 6) is 2.06. The number of rotatable bonds is 1. The van der Waals surface area contributed by atoms with E-state index in [0.29, 0.717) is 0 Å². The maximum Gasteiger partial charge on any atom is 0.0598 e. The zero-order chi connectivity index (χ0) is 13.7. The molecule has 1 N–H and O–H groups in total. The minimum absolute atomic E-state index is 0.207. The smallest absolute Gasteiger partial charge is 0.0598 e. The second-order valence-electron chi connectivity index (χ2n) is 6.42. The summed E-state index contributed by atoms with van der Waals surface area (Å²) < 4.78 is 0. The Balaban J connectivity index is 1.91. The summed E-state index contributed by atoms with van der Waals surface area (Å²) in [6.45, 7) is 7.26. The fourth-order valence-electron chi connectivity index (χ4n) is 4.04. The van der Waals surface area contributed by atoms with Gasteiger partial charge in [-0.1, -0.05) is 31.5 Å². The molecule has 1 aromatic heterocycles. The molecule has 0 unspecified atom stereocenters. The van der Waals surface area contributed by atoms with E-state index in [2.05, 4.69) is 48.0 Å². The van der Waals surface area contributed by atoms with E-state index in [1.54, 1.807) is 0 Å². The number of hydrogen-bond acceptors (Lipinski definition) is 2. The van der Waals surface area contributed by atoms with Gasteiger partial charge in [-0.15, -0.1) is 11.8 Å². The van der Waals surface area contributed by atoms with Gasteiger partial charge < -0.3 is 4.98 Å². The number of aromatic nitrogens is 1. The summed E-state index contributed by atoms with van der Waals surface area (Å²) in [4.78, 5) is 7.97. The molecule has 106 valence electrons. The zero-order valence-electron chi connectivity index (χ0n) is 12.3. The number of hydrogen-bond donors (Lipinski definition) is 1. The molecule has 0 aliphatic carbocycles. The van der Waals surface area contributed by atoms with Crippen LogP contribution in [-0.4, -0.2) is 28.7 Å². The quantitative estimate of drug-likeness (QED) is 0.846. The van der Waals surface area contributed by atoms with Crippen LogP contribution < -0.4 is 0 Å². The summed E-state index contributed by atoms with van der Waals surface area (Å²) in [7, 11) is 0. The van der Waals surface area contributed by atoms with Crippen LogP contribution in [0.5, 0.6) is 0 Å². The zero-order valence-corrected chi connectivity index (χ0v) is 13.1. The summed E-state index contributed by atoms with van der Waals surface area (Å²) in [6.07, 6.45) is 2.60. The summed E-state index contributed by atoms with van der Waals surface area (Å²) >= 11 is 2.04. The third-order valence-electron chi connectivity index (χ3n) is 5.24. The number of H-pyrrole nitrogens is 1. The van der Waals surface area contributed by atoms with Crippen molar-refractivity contribution in [3.05, 3.63) is 30.0 Å². The Bertz CT molecular complexity index is 647. The molecular formula is C17H22N2S. The predicted molar refractivity (Wildman–Crippen MR) is 86.3 cm³/mol. The minimum atomic E-state index is 0.207. The molecule has 3 heterocycles. The molecule has 0 radical (unpaired) electrons. The van der Waals surface area contributed by atoms with Crippen LogP contribution in [0.4, 0.5) is 0 Å². The molecule has 2 nitrogen and oxygen atoms in total. The lowest BCUT2D eigenvalue weighted by molar-refractivity contribution is 0.162. The summed E-state index contributed by atoms with van der Waals surface area (Å²) in [5, 5.41) is 1.41. The molecule has 1 saturated heterocycles. The first kappa shape index (κ1) is 12.8. The molecule has 3 heteroatoms. The third-order valence-corrected chi connectivity index (χ3v) is 6.34. The molecule has 2 atom stereocenters. The lowest BCUT2D eigenvalue weighted by atomic mass is 9.89. The fourth-order valence-corrected chi connectivity index (χ4v) is 5.31. The van der Waals surface area contributed by atoms with Crippen LogP contribution in [0, 0.1) is 5.92 Å². The van der Waals surface area contributed by atoms with Crippen LogP contribution in [0.3, 0.4) is 0 Å². The number of aromatic amines is 1. The molecule has 0 amide bonds. The molecule has 20 heavy (non-hydrogen) atoms. The summed E-state index contributed by atoms with van der Waals surface area (Å²) in [6, 6.07) is 8.77. The van der Waals surface area contributed by atoms with Gasteiger partial charge in [0.05, 0.1) is 11.2 Å². The average molecular weight is 286 g/mol. The lowest BCUT2D eigenvalue weighted by Crippen LogP contribution is -2.39. The Labute approximate surface area is 124 Å². The molecule has 2 aliphatic rings. The molecule has 2 aliphatic heterocycles. The monoisotopic (exact) mass is 286 g/mol. The van der Waals surface area contributed by atoms with Crippen molar-refractivity contribution in [2.75, 3.05) is 18.8 Å². The van der Waals surface area contributed by atoms with Crippen LogP contribution in [0.25, 0.3) is 10.9 Å². The minimum Gasteiger partial charge on any atom is -0.356 e. The third kappa shape index (κ3) is 1.69. The molecular weight excluding hydrogens is 264 g/mol. The van der Waals surface area contributed by atoms with Crippen molar-refractivity contribution in [1.29, 1.82) is 0 Å². The van der Waals surface area contributed by atoms with Gasteiger partial charge in [0.2, 0.25) is 0 Å². The molecule has 2 aromatic rings.